The van der Waals surface area contributed by atoms with E-state index in [1.165, 1.54) is 0 Å². The van der Waals surface area contributed by atoms with Gasteiger partial charge in [0, 0.05) is 40.8 Å². The highest BCUT2D eigenvalue weighted by Gasteiger charge is 2.41. The minimum Gasteiger partial charge on any atom is -0.353 e. The van der Waals surface area contributed by atoms with Crippen molar-refractivity contribution in [1.82, 2.24) is 19.8 Å². The summed E-state index contributed by atoms with van der Waals surface area (Å²) in [5.41, 5.74) is 1.49. The summed E-state index contributed by atoms with van der Waals surface area (Å²) in [7, 11) is -0.962. The van der Waals surface area contributed by atoms with E-state index in [1.54, 1.807) is 6.92 Å². The van der Waals surface area contributed by atoms with Gasteiger partial charge in [0.1, 0.15) is 0 Å². The third kappa shape index (κ3) is 2.87. The van der Waals surface area contributed by atoms with Crippen LogP contribution in [-0.2, 0) is 17.0 Å². The van der Waals surface area contributed by atoms with Crippen molar-refractivity contribution >= 4 is 22.3 Å². The van der Waals surface area contributed by atoms with Gasteiger partial charge in [0.15, 0.2) is 11.5 Å². The van der Waals surface area contributed by atoms with Gasteiger partial charge in [0.25, 0.3) is 5.82 Å². The second kappa shape index (κ2) is 6.47. The average molecular weight is 389 g/mol. The maximum absolute atomic E-state index is 13.2. The van der Waals surface area contributed by atoms with Crippen LogP contribution in [0.4, 0.5) is 19.0 Å². The molecule has 0 N–H and O–H groups in total. The van der Waals surface area contributed by atoms with Gasteiger partial charge in [-0.3, -0.25) is 4.21 Å². The Morgan fingerprint density at radius 1 is 1.15 bits per heavy atom. The van der Waals surface area contributed by atoms with Crippen molar-refractivity contribution < 1.29 is 17.4 Å². The van der Waals surface area contributed by atoms with Crippen LogP contribution in [0.15, 0.2) is 0 Å². The summed E-state index contributed by atoms with van der Waals surface area (Å²) in [4.78, 5) is 1.95. The highest BCUT2D eigenvalue weighted by Crippen LogP contribution is 2.34. The average Bonchev–Trinajstić information content (AvgIpc) is 3.03. The van der Waals surface area contributed by atoms with Gasteiger partial charge in [-0.25, -0.2) is 0 Å². The van der Waals surface area contributed by atoms with E-state index in [2.05, 4.69) is 15.3 Å². The van der Waals surface area contributed by atoms with Crippen molar-refractivity contribution in [3.63, 3.8) is 0 Å². The minimum atomic E-state index is -4.63. The van der Waals surface area contributed by atoms with E-state index in [0.717, 1.165) is 22.9 Å². The first-order valence-corrected chi connectivity index (χ1v) is 9.89. The first-order valence-electron chi connectivity index (χ1n) is 8.58. The summed E-state index contributed by atoms with van der Waals surface area (Å²) in [5, 5.41) is 11.2. The quantitative estimate of drug-likeness (QED) is 0.808. The zero-order valence-electron chi connectivity index (χ0n) is 15.2. The topological polar surface area (TPSA) is 63.4 Å². The molecule has 0 aliphatic carbocycles. The Labute approximate surface area is 152 Å². The van der Waals surface area contributed by atoms with E-state index < -0.39 is 22.8 Å². The molecule has 2 aromatic rings. The second-order valence-corrected chi connectivity index (χ2v) is 8.66. The number of halogens is 3. The molecular weight excluding hydrogens is 367 g/mol. The predicted molar refractivity (Wildman–Crippen MR) is 93.8 cm³/mol. The Kier molecular flexibility index (Phi) is 4.74. The lowest BCUT2D eigenvalue weighted by Crippen LogP contribution is -2.53. The van der Waals surface area contributed by atoms with E-state index in [-0.39, 0.29) is 10.4 Å². The van der Waals surface area contributed by atoms with Crippen LogP contribution in [0.3, 0.4) is 0 Å². The number of aromatic nitrogens is 4. The summed E-state index contributed by atoms with van der Waals surface area (Å²) < 4.78 is 52.6. The summed E-state index contributed by atoms with van der Waals surface area (Å²) in [6.07, 6.45) is -3.15. The molecule has 0 bridgehead atoms. The molecule has 0 amide bonds. The van der Waals surface area contributed by atoms with Crippen molar-refractivity contribution in [2.24, 2.45) is 0 Å². The van der Waals surface area contributed by atoms with Gasteiger partial charge in [-0.2, -0.15) is 17.7 Å². The molecule has 3 heterocycles. The molecule has 1 atom stereocenters. The van der Waals surface area contributed by atoms with Gasteiger partial charge in [-0.05, 0) is 26.7 Å². The van der Waals surface area contributed by atoms with Crippen LogP contribution in [0, 0.1) is 13.8 Å². The molecule has 1 fully saturated rings. The molecule has 26 heavy (non-hydrogen) atoms. The Hall–Kier alpha value is -1.71. The fourth-order valence-corrected chi connectivity index (χ4v) is 5.24. The molecule has 0 aromatic carbocycles. The van der Waals surface area contributed by atoms with Gasteiger partial charge in [-0.1, -0.05) is 13.8 Å². The maximum Gasteiger partial charge on any atom is 0.453 e. The molecule has 1 saturated heterocycles. The number of nitrogens with zero attached hydrogens (tertiary/aromatic N) is 5. The van der Waals surface area contributed by atoms with E-state index >= 15 is 0 Å². The Morgan fingerprint density at radius 2 is 1.81 bits per heavy atom. The third-order valence-corrected chi connectivity index (χ3v) is 7.64. The van der Waals surface area contributed by atoms with Crippen LogP contribution in [-0.4, -0.2) is 47.6 Å². The molecule has 1 unspecified atom stereocenters. The number of fused-ring (bicyclic) bond motifs is 1. The lowest BCUT2D eigenvalue weighted by molar-refractivity contribution is -0.146. The van der Waals surface area contributed by atoms with E-state index in [0.29, 0.717) is 30.2 Å². The van der Waals surface area contributed by atoms with Crippen LogP contribution in [0.25, 0.3) is 5.65 Å². The molecule has 1 aliphatic heterocycles. The summed E-state index contributed by atoms with van der Waals surface area (Å²) >= 11 is 0. The van der Waals surface area contributed by atoms with Crippen LogP contribution in [0.2, 0.25) is 0 Å². The smallest absolute Gasteiger partial charge is 0.353 e. The molecule has 10 heteroatoms. The van der Waals surface area contributed by atoms with Gasteiger partial charge in [-0.15, -0.1) is 15.3 Å². The van der Waals surface area contributed by atoms with E-state index in [9.17, 15) is 17.4 Å². The molecule has 0 spiro atoms. The first-order chi connectivity index (χ1) is 12.1. The molecule has 6 nitrogen and oxygen atoms in total. The SMILES string of the molecule is CCC1(CC)CN(c2nn3c(C(F)(F)F)nnc3c(C)c2C)CCS1=O. The molecule has 2 aromatic heterocycles. The zero-order valence-corrected chi connectivity index (χ0v) is 16.0. The van der Waals surface area contributed by atoms with Crippen molar-refractivity contribution in [3.8, 4) is 0 Å². The minimum absolute atomic E-state index is 0.108. The van der Waals surface area contributed by atoms with Crippen LogP contribution in [0.5, 0.6) is 0 Å². The Balaban J connectivity index is 2.13. The fourth-order valence-electron chi connectivity index (χ4n) is 3.48. The van der Waals surface area contributed by atoms with Gasteiger partial charge < -0.3 is 4.90 Å². The third-order valence-electron chi connectivity index (χ3n) is 5.42. The monoisotopic (exact) mass is 389 g/mol. The molecule has 3 rings (SSSR count). The molecule has 144 valence electrons. The number of aryl methyl sites for hydroxylation is 1. The van der Waals surface area contributed by atoms with Crippen molar-refractivity contribution in [2.45, 2.75) is 51.5 Å². The first kappa shape index (κ1) is 19.1. The fraction of sp³-hybridized carbons (Fsp3) is 0.688. The van der Waals surface area contributed by atoms with Gasteiger partial charge >= 0.3 is 6.18 Å². The number of anilines is 1. The maximum atomic E-state index is 13.2. The van der Waals surface area contributed by atoms with Crippen LogP contribution < -0.4 is 4.90 Å². The number of hydrogen-bond acceptors (Lipinski definition) is 5. The summed E-state index contributed by atoms with van der Waals surface area (Å²) in [6, 6.07) is 0. The highest BCUT2D eigenvalue weighted by molar-refractivity contribution is 7.86. The largest absolute Gasteiger partial charge is 0.453 e. The van der Waals surface area contributed by atoms with Crippen LogP contribution in [0.1, 0.15) is 43.6 Å². The molecule has 1 aliphatic rings. The summed E-state index contributed by atoms with van der Waals surface area (Å²) in [5.74, 6) is -0.174. The lowest BCUT2D eigenvalue weighted by Gasteiger charge is -2.42. The van der Waals surface area contributed by atoms with Crippen LogP contribution >= 0.6 is 0 Å². The summed E-state index contributed by atoms with van der Waals surface area (Å²) in [6.45, 7) is 8.55. The highest BCUT2D eigenvalue weighted by atomic mass is 32.2. The standard InChI is InChI=1S/C16H22F3N5OS/c1-5-15(6-2)9-23(7-8-26(15)25)13-11(4)10(3)12-20-21-14(16(17,18)19)24(12)22-13/h5-9H2,1-4H3. The molecule has 0 radical (unpaired) electrons. The van der Waals surface area contributed by atoms with Crippen molar-refractivity contribution in [2.75, 3.05) is 23.7 Å². The van der Waals surface area contributed by atoms with E-state index in [1.807, 2.05) is 25.7 Å². The normalized spacial score (nSPS) is 20.7. The predicted octanol–water partition coefficient (Wildman–Crippen LogP) is 2.89. The van der Waals surface area contributed by atoms with Crippen molar-refractivity contribution in [1.29, 1.82) is 0 Å². The lowest BCUT2D eigenvalue weighted by atomic mass is 10.0. The Morgan fingerprint density at radius 3 is 2.38 bits per heavy atom. The number of alkyl halides is 3. The van der Waals surface area contributed by atoms with Gasteiger partial charge in [0.2, 0.25) is 0 Å². The molecular formula is C16H22F3N5OS. The Bertz CT molecular complexity index is 860. The molecule has 0 saturated carbocycles. The number of rotatable bonds is 3. The zero-order chi connectivity index (χ0) is 19.3. The second-order valence-electron chi connectivity index (χ2n) is 6.69. The van der Waals surface area contributed by atoms with Crippen molar-refractivity contribution in [3.05, 3.63) is 17.0 Å². The number of hydrogen-bond donors (Lipinski definition) is 0. The van der Waals surface area contributed by atoms with E-state index in [4.69, 9.17) is 0 Å². The van der Waals surface area contributed by atoms with Gasteiger partial charge in [0.05, 0.1) is 4.75 Å².